The highest BCUT2D eigenvalue weighted by molar-refractivity contribution is 4.59. The smallest absolute Gasteiger partial charge is 0.255 e. The topological polar surface area (TPSA) is 18.5 Å². The molecule has 8 heteroatoms. The third kappa shape index (κ3) is 6.03. The van der Waals surface area contributed by atoms with Crippen molar-refractivity contribution in [3.05, 3.63) is 0 Å². The second-order valence-corrected chi connectivity index (χ2v) is 2.71. The van der Waals surface area contributed by atoms with E-state index in [1.807, 2.05) is 0 Å². The number of hydrogen-bond donors (Lipinski definition) is 0. The molecule has 0 aliphatic carbocycles. The summed E-state index contributed by atoms with van der Waals surface area (Å²) in [4.78, 5) is 0. The Kier molecular flexibility index (Phi) is 3.79. The van der Waals surface area contributed by atoms with Crippen molar-refractivity contribution >= 4 is 0 Å². The van der Waals surface area contributed by atoms with Crippen LogP contribution in [0.5, 0.6) is 0 Å². The van der Waals surface area contributed by atoms with Crippen molar-refractivity contribution in [3.8, 4) is 0 Å². The third-order valence-electron chi connectivity index (χ3n) is 0.868. The maximum atomic E-state index is 12.5. The van der Waals surface area contributed by atoms with Gasteiger partial charge in [0.2, 0.25) is 5.85 Å². The Morgan fingerprint density at radius 3 is 1.64 bits per heavy atom. The van der Waals surface area contributed by atoms with Gasteiger partial charge in [-0.25, -0.2) is 13.5 Å². The van der Waals surface area contributed by atoms with Crippen LogP contribution < -0.4 is 0 Å². The fraction of sp³-hybridized carbons (Fsp3) is 1.00. The summed E-state index contributed by atoms with van der Waals surface area (Å²) < 4.78 is 78.3. The van der Waals surface area contributed by atoms with E-state index in [2.05, 4.69) is 9.47 Å². The fourth-order valence-corrected chi connectivity index (χ4v) is 0.504. The Balaban J connectivity index is 4.35. The summed E-state index contributed by atoms with van der Waals surface area (Å²) in [7, 11) is 0. The predicted molar refractivity (Wildman–Crippen MR) is 33.2 cm³/mol. The van der Waals surface area contributed by atoms with Crippen molar-refractivity contribution in [1.82, 2.24) is 0 Å². The molecule has 0 bridgehead atoms. The Morgan fingerprint density at radius 1 is 0.929 bits per heavy atom. The van der Waals surface area contributed by atoms with Crippen molar-refractivity contribution in [1.29, 1.82) is 0 Å². The highest BCUT2D eigenvalue weighted by Crippen LogP contribution is 2.32. The zero-order valence-corrected chi connectivity index (χ0v) is 7.29. The lowest BCUT2D eigenvalue weighted by Gasteiger charge is -2.25. The minimum absolute atomic E-state index is 0.00921. The zero-order valence-electron chi connectivity index (χ0n) is 7.29. The van der Waals surface area contributed by atoms with Gasteiger partial charge in [-0.2, -0.15) is 8.78 Å². The molecule has 0 radical (unpaired) electrons. The minimum Gasteiger partial charge on any atom is -0.255 e. The van der Waals surface area contributed by atoms with Crippen LogP contribution in [0.1, 0.15) is 13.8 Å². The van der Waals surface area contributed by atoms with Crippen LogP contribution in [0, 0.1) is 0 Å². The van der Waals surface area contributed by atoms with Gasteiger partial charge in [0.15, 0.2) is 0 Å². The molecule has 0 heterocycles. The van der Waals surface area contributed by atoms with E-state index in [0.717, 1.165) is 0 Å². The summed E-state index contributed by atoms with van der Waals surface area (Å²) in [5.74, 6) is -3.38. The zero-order chi connectivity index (χ0) is 11.6. The quantitative estimate of drug-likeness (QED) is 0.530. The molecule has 2 nitrogen and oxygen atoms in total. The summed E-state index contributed by atoms with van der Waals surface area (Å²) in [5, 5.41) is 0. The minimum atomic E-state index is -4.89. The van der Waals surface area contributed by atoms with Crippen LogP contribution in [0.2, 0.25) is 0 Å². The van der Waals surface area contributed by atoms with Gasteiger partial charge in [0.05, 0.1) is 0 Å². The van der Waals surface area contributed by atoms with Crippen molar-refractivity contribution in [2.75, 3.05) is 6.67 Å². The summed E-state index contributed by atoms with van der Waals surface area (Å²) in [6, 6.07) is 0. The van der Waals surface area contributed by atoms with Gasteiger partial charge in [0.1, 0.15) is 6.67 Å². The summed E-state index contributed by atoms with van der Waals surface area (Å²) in [6.45, 7) is -1.59. The lowest BCUT2D eigenvalue weighted by atomic mass is 10.4. The number of alkyl halides is 6. The number of halogens is 6. The molecule has 1 atom stereocenters. The average Bonchev–Trinajstić information content (AvgIpc) is 1.78. The molecule has 0 aromatic rings. The van der Waals surface area contributed by atoms with Gasteiger partial charge in [-0.1, -0.05) is 0 Å². The van der Waals surface area contributed by atoms with E-state index in [9.17, 15) is 26.3 Å². The molecule has 0 aliphatic rings. The maximum Gasteiger partial charge on any atom is 0.492 e. The van der Waals surface area contributed by atoms with Crippen LogP contribution in [0.4, 0.5) is 26.3 Å². The first-order valence-corrected chi connectivity index (χ1v) is 3.38. The van der Waals surface area contributed by atoms with Crippen molar-refractivity contribution in [2.24, 2.45) is 0 Å². The SMILES string of the molecule is CC(F)(F)OC(F)(F)OC(C)(F)CF. The first-order valence-electron chi connectivity index (χ1n) is 3.38. The van der Waals surface area contributed by atoms with Crippen molar-refractivity contribution < 1.29 is 35.8 Å². The molecule has 1 unspecified atom stereocenters. The molecular formula is C6H8F6O2. The predicted octanol–water partition coefficient (Wildman–Crippen LogP) is 2.84. The van der Waals surface area contributed by atoms with Gasteiger partial charge >= 0.3 is 12.4 Å². The second kappa shape index (κ2) is 3.93. The Bertz CT molecular complexity index is 187. The van der Waals surface area contributed by atoms with E-state index in [-0.39, 0.29) is 6.92 Å². The lowest BCUT2D eigenvalue weighted by molar-refractivity contribution is -0.493. The largest absolute Gasteiger partial charge is 0.492 e. The van der Waals surface area contributed by atoms with E-state index >= 15 is 0 Å². The first-order chi connectivity index (χ1) is 5.97. The van der Waals surface area contributed by atoms with Gasteiger partial charge in [-0.15, -0.1) is 8.78 Å². The molecule has 0 rings (SSSR count). The summed E-state index contributed by atoms with van der Waals surface area (Å²) >= 11 is 0. The van der Waals surface area contributed by atoms with Gasteiger partial charge < -0.3 is 0 Å². The van der Waals surface area contributed by atoms with E-state index in [1.54, 1.807) is 0 Å². The molecule has 0 aliphatic heterocycles. The highest BCUT2D eigenvalue weighted by atomic mass is 19.3. The monoisotopic (exact) mass is 226 g/mol. The molecule has 0 aromatic heterocycles. The molecule has 0 saturated carbocycles. The number of hydrogen-bond acceptors (Lipinski definition) is 2. The molecule has 0 N–H and O–H groups in total. The molecular weight excluding hydrogens is 218 g/mol. The normalized spacial score (nSPS) is 18.0. The lowest BCUT2D eigenvalue weighted by Crippen LogP contribution is -2.41. The van der Waals surface area contributed by atoms with Gasteiger partial charge in [-0.05, 0) is 6.92 Å². The molecule has 14 heavy (non-hydrogen) atoms. The van der Waals surface area contributed by atoms with Crippen molar-refractivity contribution in [3.63, 3.8) is 0 Å². The maximum absolute atomic E-state index is 12.5. The van der Waals surface area contributed by atoms with Crippen LogP contribution in [0.25, 0.3) is 0 Å². The first kappa shape index (κ1) is 13.5. The van der Waals surface area contributed by atoms with Gasteiger partial charge in [-0.3, -0.25) is 4.74 Å². The average molecular weight is 226 g/mol. The van der Waals surface area contributed by atoms with Crippen molar-refractivity contribution in [2.45, 2.75) is 32.1 Å². The van der Waals surface area contributed by atoms with E-state index in [0.29, 0.717) is 6.92 Å². The number of ether oxygens (including phenoxy) is 2. The van der Waals surface area contributed by atoms with E-state index in [1.165, 1.54) is 0 Å². The van der Waals surface area contributed by atoms with Crippen LogP contribution in [-0.2, 0) is 9.47 Å². The van der Waals surface area contributed by atoms with Gasteiger partial charge in [0.25, 0.3) is 0 Å². The van der Waals surface area contributed by atoms with Crippen LogP contribution in [-0.4, -0.2) is 24.9 Å². The molecule has 0 aromatic carbocycles. The molecule has 0 saturated heterocycles. The third-order valence-corrected chi connectivity index (χ3v) is 0.868. The van der Waals surface area contributed by atoms with E-state index < -0.39 is 24.9 Å². The van der Waals surface area contributed by atoms with Crippen LogP contribution >= 0.6 is 0 Å². The Labute approximate surface area is 75.8 Å². The van der Waals surface area contributed by atoms with E-state index in [4.69, 9.17) is 0 Å². The second-order valence-electron chi connectivity index (χ2n) is 2.71. The summed E-state index contributed by atoms with van der Waals surface area (Å²) in [6.07, 6.45) is -9.11. The van der Waals surface area contributed by atoms with Crippen LogP contribution in [0.3, 0.4) is 0 Å². The molecule has 0 amide bonds. The number of rotatable bonds is 5. The van der Waals surface area contributed by atoms with Crippen LogP contribution in [0.15, 0.2) is 0 Å². The Hall–Kier alpha value is -0.500. The molecule has 86 valence electrons. The standard InChI is InChI=1S/C6H8F6O2/c1-4(8,3-7)13-6(11,12)14-5(2,9)10/h3H2,1-2H3. The summed E-state index contributed by atoms with van der Waals surface area (Å²) in [5.41, 5.74) is 0. The molecule has 0 spiro atoms. The van der Waals surface area contributed by atoms with Gasteiger partial charge in [0, 0.05) is 6.92 Å². The Morgan fingerprint density at radius 2 is 1.36 bits per heavy atom. The molecule has 0 fully saturated rings. The fourth-order valence-electron chi connectivity index (χ4n) is 0.504. The highest BCUT2D eigenvalue weighted by Gasteiger charge is 2.48.